The highest BCUT2D eigenvalue weighted by atomic mass is 32.3. The van der Waals surface area contributed by atoms with Crippen molar-refractivity contribution in [1.82, 2.24) is 19.2 Å². The number of piperidine rings is 1. The SMILES string of the molecule is CC(=O)N1CC[C@@H](S(=O)(=O)N(C=O)[C@H]2CC[C@@H]3CN2C(=O)N3OS(=O)(=O)O)C1. The molecule has 4 amide bonds. The molecule has 3 saturated heterocycles. The van der Waals surface area contributed by atoms with Crippen LogP contribution in [-0.2, 0) is 34.3 Å². The lowest BCUT2D eigenvalue weighted by Gasteiger charge is -2.37. The van der Waals surface area contributed by atoms with Crippen molar-refractivity contribution in [2.75, 3.05) is 19.6 Å². The quantitative estimate of drug-likeness (QED) is 0.377. The molecule has 0 radical (unpaired) electrons. The Kier molecular flexibility index (Phi) is 5.28. The monoisotopic (exact) mass is 440 g/mol. The molecule has 0 aliphatic carbocycles. The Balaban J connectivity index is 1.81. The van der Waals surface area contributed by atoms with Gasteiger partial charge in [-0.25, -0.2) is 17.5 Å². The molecule has 0 aromatic rings. The van der Waals surface area contributed by atoms with Crippen molar-refractivity contribution in [1.29, 1.82) is 0 Å². The summed E-state index contributed by atoms with van der Waals surface area (Å²) in [5.74, 6) is -0.274. The fourth-order valence-electron chi connectivity index (χ4n) is 3.81. The number of likely N-dealkylation sites (tertiary alicyclic amines) is 1. The lowest BCUT2D eigenvalue weighted by Crippen LogP contribution is -2.55. The predicted molar refractivity (Wildman–Crippen MR) is 90.9 cm³/mol. The number of hydrogen-bond donors (Lipinski definition) is 1. The van der Waals surface area contributed by atoms with Gasteiger partial charge in [-0.1, -0.05) is 0 Å². The first kappa shape index (κ1) is 20.8. The second-order valence-corrected chi connectivity index (χ2v) is 9.95. The van der Waals surface area contributed by atoms with Crippen LogP contribution in [0.15, 0.2) is 0 Å². The van der Waals surface area contributed by atoms with Crippen LogP contribution in [0.4, 0.5) is 4.79 Å². The van der Waals surface area contributed by atoms with E-state index in [0.29, 0.717) is 9.37 Å². The first-order chi connectivity index (χ1) is 13.0. The minimum Gasteiger partial charge on any atom is -0.342 e. The number of sulfonamides is 1. The molecule has 0 aromatic carbocycles. The third-order valence-corrected chi connectivity index (χ3v) is 7.66. The number of hydroxylamine groups is 2. The van der Waals surface area contributed by atoms with Gasteiger partial charge in [0.25, 0.3) is 0 Å². The molecule has 15 heteroatoms. The van der Waals surface area contributed by atoms with Crippen molar-refractivity contribution < 1.29 is 40.1 Å². The smallest absolute Gasteiger partial charge is 0.342 e. The largest absolute Gasteiger partial charge is 0.418 e. The number of hydrogen-bond acceptors (Lipinski definition) is 8. The number of rotatable bonds is 6. The zero-order chi connectivity index (χ0) is 20.9. The maximum atomic E-state index is 13.0. The highest BCUT2D eigenvalue weighted by Gasteiger charge is 2.52. The van der Waals surface area contributed by atoms with E-state index in [1.165, 1.54) is 11.8 Å². The van der Waals surface area contributed by atoms with E-state index in [1.54, 1.807) is 0 Å². The molecular formula is C13H20N4O9S2. The first-order valence-electron chi connectivity index (χ1n) is 8.45. The number of nitrogens with zero attached hydrogens (tertiary/aromatic N) is 4. The van der Waals surface area contributed by atoms with Crippen LogP contribution in [0.2, 0.25) is 0 Å². The molecule has 28 heavy (non-hydrogen) atoms. The van der Waals surface area contributed by atoms with E-state index in [0.717, 1.165) is 4.90 Å². The third kappa shape index (κ3) is 3.66. The number of urea groups is 1. The van der Waals surface area contributed by atoms with Crippen molar-refractivity contribution in [3.05, 3.63) is 0 Å². The Morgan fingerprint density at radius 1 is 1.21 bits per heavy atom. The number of fused-ring (bicyclic) bond motifs is 2. The van der Waals surface area contributed by atoms with Crippen LogP contribution in [-0.4, -0.2) is 96.0 Å². The van der Waals surface area contributed by atoms with Crippen LogP contribution < -0.4 is 0 Å². The second-order valence-electron chi connectivity index (χ2n) is 6.83. The van der Waals surface area contributed by atoms with Gasteiger partial charge >= 0.3 is 16.4 Å². The third-order valence-electron chi connectivity index (χ3n) is 5.17. The Morgan fingerprint density at radius 3 is 2.43 bits per heavy atom. The Bertz CT molecular complexity index is 890. The van der Waals surface area contributed by atoms with Crippen molar-refractivity contribution in [2.45, 2.75) is 43.6 Å². The molecule has 3 heterocycles. The average Bonchev–Trinajstić information content (AvgIpc) is 3.17. The van der Waals surface area contributed by atoms with Gasteiger partial charge in [0.1, 0.15) is 6.17 Å². The Morgan fingerprint density at radius 2 is 1.89 bits per heavy atom. The lowest BCUT2D eigenvalue weighted by molar-refractivity contribution is -0.127. The maximum Gasteiger partial charge on any atom is 0.418 e. The summed E-state index contributed by atoms with van der Waals surface area (Å²) in [5.41, 5.74) is 0. The molecule has 13 nitrogen and oxygen atoms in total. The molecule has 3 aliphatic rings. The molecule has 0 aromatic heterocycles. The molecule has 0 unspecified atom stereocenters. The molecule has 3 aliphatic heterocycles. The highest BCUT2D eigenvalue weighted by molar-refractivity contribution is 7.90. The summed E-state index contributed by atoms with van der Waals surface area (Å²) in [6, 6.07) is -1.68. The summed E-state index contributed by atoms with van der Waals surface area (Å²) in [7, 11) is -9.11. The van der Waals surface area contributed by atoms with Crippen molar-refractivity contribution in [3.63, 3.8) is 0 Å². The predicted octanol–water partition coefficient (Wildman–Crippen LogP) is -1.64. The lowest BCUT2D eigenvalue weighted by atomic mass is 10.1. The summed E-state index contributed by atoms with van der Waals surface area (Å²) in [5, 5.41) is -0.514. The average molecular weight is 440 g/mol. The van der Waals surface area contributed by atoms with Crippen LogP contribution >= 0.6 is 0 Å². The van der Waals surface area contributed by atoms with E-state index in [2.05, 4.69) is 4.28 Å². The number of carbonyl (C=O) groups is 3. The number of carbonyl (C=O) groups excluding carboxylic acids is 3. The second kappa shape index (κ2) is 7.13. The summed E-state index contributed by atoms with van der Waals surface area (Å²) in [6.07, 6.45) is -0.633. The fourth-order valence-corrected chi connectivity index (χ4v) is 5.99. The zero-order valence-corrected chi connectivity index (χ0v) is 16.5. The Labute approximate surface area is 161 Å². The molecule has 158 valence electrons. The van der Waals surface area contributed by atoms with E-state index >= 15 is 0 Å². The van der Waals surface area contributed by atoms with Gasteiger partial charge in [0.15, 0.2) is 0 Å². The maximum absolute atomic E-state index is 13.0. The van der Waals surface area contributed by atoms with Gasteiger partial charge in [-0.15, -0.1) is 4.28 Å². The molecule has 3 rings (SSSR count). The van der Waals surface area contributed by atoms with Crippen LogP contribution in [0.1, 0.15) is 26.2 Å². The first-order valence-corrected chi connectivity index (χ1v) is 11.3. The summed E-state index contributed by atoms with van der Waals surface area (Å²) < 4.78 is 61.5. The van der Waals surface area contributed by atoms with E-state index in [4.69, 9.17) is 4.55 Å². The van der Waals surface area contributed by atoms with Crippen molar-refractivity contribution >= 4 is 38.8 Å². The zero-order valence-electron chi connectivity index (χ0n) is 14.9. The van der Waals surface area contributed by atoms with Gasteiger partial charge in [0, 0.05) is 26.6 Å². The summed E-state index contributed by atoms with van der Waals surface area (Å²) >= 11 is 0. The molecule has 0 saturated carbocycles. The minimum absolute atomic E-state index is 0.0523. The number of amides is 4. The molecule has 0 spiro atoms. The minimum atomic E-state index is -4.94. The van der Waals surface area contributed by atoms with Gasteiger partial charge < -0.3 is 4.90 Å². The topological polar surface area (TPSA) is 162 Å². The van der Waals surface area contributed by atoms with Gasteiger partial charge in [-0.2, -0.15) is 13.5 Å². The van der Waals surface area contributed by atoms with Gasteiger partial charge in [-0.3, -0.25) is 19.0 Å². The van der Waals surface area contributed by atoms with E-state index in [1.807, 2.05) is 0 Å². The highest BCUT2D eigenvalue weighted by Crippen LogP contribution is 2.34. The molecular weight excluding hydrogens is 420 g/mol. The normalized spacial score (nSPS) is 28.0. The molecule has 3 fully saturated rings. The molecule has 1 N–H and O–H groups in total. The van der Waals surface area contributed by atoms with Gasteiger partial charge in [0.05, 0.1) is 11.3 Å². The summed E-state index contributed by atoms with van der Waals surface area (Å²) in [4.78, 5) is 38.0. The van der Waals surface area contributed by atoms with Crippen LogP contribution in [0, 0.1) is 0 Å². The summed E-state index contributed by atoms with van der Waals surface area (Å²) in [6.45, 7) is 1.45. The Hall–Kier alpha value is -1.97. The molecule has 3 atom stereocenters. The van der Waals surface area contributed by atoms with Crippen LogP contribution in [0.3, 0.4) is 0 Å². The van der Waals surface area contributed by atoms with E-state index in [-0.39, 0.29) is 51.2 Å². The fraction of sp³-hybridized carbons (Fsp3) is 0.769. The van der Waals surface area contributed by atoms with Gasteiger partial charge in [0.2, 0.25) is 22.3 Å². The van der Waals surface area contributed by atoms with Gasteiger partial charge in [-0.05, 0) is 19.3 Å². The van der Waals surface area contributed by atoms with E-state index < -0.39 is 43.9 Å². The van der Waals surface area contributed by atoms with Crippen molar-refractivity contribution in [2.24, 2.45) is 0 Å². The van der Waals surface area contributed by atoms with Crippen LogP contribution in [0.25, 0.3) is 0 Å². The molecule has 2 bridgehead atoms. The standard InChI is InChI=1S/C13H20N4O9S2/c1-9(19)14-5-4-11(7-14)27(21,22)16(8-18)12-3-2-10-6-15(12)13(20)17(10)26-28(23,24)25/h8,10-12H,2-7H2,1H3,(H,23,24,25)/t10-,11-,12+/m1/s1. The van der Waals surface area contributed by atoms with E-state index in [9.17, 15) is 31.2 Å². The van der Waals surface area contributed by atoms with Crippen molar-refractivity contribution in [3.8, 4) is 0 Å². The van der Waals surface area contributed by atoms with Crippen LogP contribution in [0.5, 0.6) is 0 Å².